The third-order valence-electron chi connectivity index (χ3n) is 6.54. The molecule has 1 N–H and O–H groups in total. The molecule has 0 bridgehead atoms. The molecule has 1 unspecified atom stereocenters. The predicted molar refractivity (Wildman–Crippen MR) is 110 cm³/mol. The van der Waals surface area contributed by atoms with Gasteiger partial charge in [0.05, 0.1) is 5.69 Å². The molecule has 1 aromatic heterocycles. The number of hydrogen-bond donors (Lipinski definition) is 1. The molecule has 2 aliphatic rings. The highest BCUT2D eigenvalue weighted by molar-refractivity contribution is 5.15. The van der Waals surface area contributed by atoms with E-state index in [-0.39, 0.29) is 6.61 Å². The van der Waals surface area contributed by atoms with Gasteiger partial charge in [0.1, 0.15) is 0 Å². The number of rotatable bonds is 7. The minimum absolute atomic E-state index is 0.284. The lowest BCUT2D eigenvalue weighted by molar-refractivity contribution is -0.0000821. The number of piperidine rings is 1. The highest BCUT2D eigenvalue weighted by Gasteiger charge is 2.34. The van der Waals surface area contributed by atoms with Gasteiger partial charge in [0.25, 0.3) is 0 Å². The van der Waals surface area contributed by atoms with Crippen LogP contribution in [0.25, 0.3) is 0 Å². The fourth-order valence-electron chi connectivity index (χ4n) is 4.82. The van der Waals surface area contributed by atoms with Gasteiger partial charge in [-0.15, -0.1) is 0 Å². The van der Waals surface area contributed by atoms with E-state index in [0.717, 1.165) is 44.8 Å². The van der Waals surface area contributed by atoms with E-state index in [2.05, 4.69) is 53.7 Å². The maximum absolute atomic E-state index is 9.64. The van der Waals surface area contributed by atoms with Gasteiger partial charge in [-0.05, 0) is 60.0 Å². The van der Waals surface area contributed by atoms with Crippen LogP contribution < -0.4 is 0 Å². The summed E-state index contributed by atoms with van der Waals surface area (Å²) in [5, 5.41) is 14.2. The van der Waals surface area contributed by atoms with Crippen molar-refractivity contribution in [3.05, 3.63) is 17.5 Å². The first-order valence-electron chi connectivity index (χ1n) is 10.9. The molecule has 6 heteroatoms. The Morgan fingerprint density at radius 3 is 2.52 bits per heavy atom. The third-order valence-corrected chi connectivity index (χ3v) is 6.54. The lowest BCUT2D eigenvalue weighted by Gasteiger charge is -2.48. The van der Waals surface area contributed by atoms with Crippen LogP contribution in [0.1, 0.15) is 51.3 Å². The number of aliphatic hydroxyl groups is 1. The fraction of sp³-hybridized carbons (Fsp3) is 0.857. The Hall–Kier alpha value is -0.950. The van der Waals surface area contributed by atoms with E-state index in [1.807, 2.05) is 4.68 Å². The molecule has 1 atom stereocenters. The van der Waals surface area contributed by atoms with Crippen LogP contribution in [0, 0.1) is 6.92 Å². The van der Waals surface area contributed by atoms with E-state index in [0.29, 0.717) is 18.1 Å². The van der Waals surface area contributed by atoms with E-state index in [1.54, 1.807) is 0 Å². The molecule has 154 valence electrons. The van der Waals surface area contributed by atoms with Gasteiger partial charge in [0.15, 0.2) is 0 Å². The lowest BCUT2D eigenvalue weighted by atomic mass is 9.97. The molecule has 0 aliphatic carbocycles. The van der Waals surface area contributed by atoms with Gasteiger partial charge < -0.3 is 10.0 Å². The SMILES string of the molecule is CCn1cc(CN2CCN(C3CCN(C(C)C)CC3)C(CCO)C2)c(C)n1. The molecule has 0 radical (unpaired) electrons. The van der Waals surface area contributed by atoms with Crippen molar-refractivity contribution in [2.45, 2.75) is 78.2 Å². The van der Waals surface area contributed by atoms with Crippen LogP contribution in [0.2, 0.25) is 0 Å². The molecule has 6 nitrogen and oxygen atoms in total. The van der Waals surface area contributed by atoms with Crippen LogP contribution in [0.5, 0.6) is 0 Å². The second-order valence-corrected chi connectivity index (χ2v) is 8.60. The van der Waals surface area contributed by atoms with Crippen LogP contribution in [-0.2, 0) is 13.1 Å². The molecule has 0 aromatic carbocycles. The third kappa shape index (κ3) is 5.11. The molecular weight excluding hydrogens is 338 g/mol. The van der Waals surface area contributed by atoms with Crippen molar-refractivity contribution < 1.29 is 5.11 Å². The van der Waals surface area contributed by atoms with Gasteiger partial charge in [-0.2, -0.15) is 5.10 Å². The standard InChI is InChI=1S/C21H39N5O/c1-5-25-15-19(18(4)22-25)14-23-11-12-26(21(16-23)8-13-27)20-6-9-24(10-7-20)17(2)3/h15,17,20-21,27H,5-14,16H2,1-4H3. The maximum atomic E-state index is 9.64. The molecule has 2 fully saturated rings. The zero-order valence-electron chi connectivity index (χ0n) is 17.8. The molecule has 2 saturated heterocycles. The van der Waals surface area contributed by atoms with Crippen LogP contribution in [0.4, 0.5) is 0 Å². The van der Waals surface area contributed by atoms with Crippen LogP contribution in [0.15, 0.2) is 6.20 Å². The number of aliphatic hydroxyl groups excluding tert-OH is 1. The Labute approximate surface area is 165 Å². The molecule has 0 spiro atoms. The first kappa shape index (κ1) is 20.8. The van der Waals surface area contributed by atoms with E-state index in [1.165, 1.54) is 31.5 Å². The summed E-state index contributed by atoms with van der Waals surface area (Å²) >= 11 is 0. The van der Waals surface area contributed by atoms with Crippen molar-refractivity contribution in [2.75, 3.05) is 39.3 Å². The summed E-state index contributed by atoms with van der Waals surface area (Å²) in [7, 11) is 0. The Kier molecular flexibility index (Phi) is 7.31. The minimum atomic E-state index is 0.284. The van der Waals surface area contributed by atoms with Gasteiger partial charge in [-0.3, -0.25) is 14.5 Å². The van der Waals surface area contributed by atoms with Crippen molar-refractivity contribution in [3.8, 4) is 0 Å². The van der Waals surface area contributed by atoms with Gasteiger partial charge in [-0.1, -0.05) is 0 Å². The van der Waals surface area contributed by atoms with E-state index in [9.17, 15) is 5.11 Å². The van der Waals surface area contributed by atoms with Crippen LogP contribution >= 0.6 is 0 Å². The number of hydrogen-bond acceptors (Lipinski definition) is 5. The molecule has 0 saturated carbocycles. The highest BCUT2D eigenvalue weighted by atomic mass is 16.3. The van der Waals surface area contributed by atoms with E-state index >= 15 is 0 Å². The monoisotopic (exact) mass is 377 g/mol. The van der Waals surface area contributed by atoms with Gasteiger partial charge in [0, 0.05) is 69.2 Å². The molecular formula is C21H39N5O. The first-order valence-corrected chi connectivity index (χ1v) is 10.9. The molecule has 27 heavy (non-hydrogen) atoms. The van der Waals surface area contributed by atoms with Crippen LogP contribution in [-0.4, -0.2) is 87.0 Å². The Bertz CT molecular complexity index is 579. The lowest BCUT2D eigenvalue weighted by Crippen LogP contribution is -2.58. The quantitative estimate of drug-likeness (QED) is 0.787. The van der Waals surface area contributed by atoms with E-state index < -0.39 is 0 Å². The summed E-state index contributed by atoms with van der Waals surface area (Å²) in [6, 6.07) is 1.81. The number of nitrogens with zero attached hydrogens (tertiary/aromatic N) is 5. The topological polar surface area (TPSA) is 47.8 Å². The molecule has 2 aliphatic heterocycles. The zero-order valence-corrected chi connectivity index (χ0v) is 17.8. The summed E-state index contributed by atoms with van der Waals surface area (Å²) in [4.78, 5) is 7.87. The number of likely N-dealkylation sites (tertiary alicyclic amines) is 1. The molecule has 0 amide bonds. The second-order valence-electron chi connectivity index (χ2n) is 8.60. The highest BCUT2D eigenvalue weighted by Crippen LogP contribution is 2.25. The molecule has 3 heterocycles. The smallest absolute Gasteiger partial charge is 0.0638 e. The summed E-state index contributed by atoms with van der Waals surface area (Å²) < 4.78 is 2.04. The number of piperazine rings is 1. The van der Waals surface area contributed by atoms with Crippen molar-refractivity contribution in [2.24, 2.45) is 0 Å². The summed E-state index contributed by atoms with van der Waals surface area (Å²) in [6.45, 7) is 16.8. The van der Waals surface area contributed by atoms with E-state index in [4.69, 9.17) is 0 Å². The van der Waals surface area contributed by atoms with Crippen molar-refractivity contribution in [1.29, 1.82) is 0 Å². The Morgan fingerprint density at radius 1 is 1.19 bits per heavy atom. The van der Waals surface area contributed by atoms with Gasteiger partial charge in [0.2, 0.25) is 0 Å². The maximum Gasteiger partial charge on any atom is 0.0638 e. The normalized spacial score (nSPS) is 24.1. The number of aryl methyl sites for hydroxylation is 2. The minimum Gasteiger partial charge on any atom is -0.396 e. The van der Waals surface area contributed by atoms with Gasteiger partial charge >= 0.3 is 0 Å². The Morgan fingerprint density at radius 2 is 1.93 bits per heavy atom. The van der Waals surface area contributed by atoms with Crippen molar-refractivity contribution >= 4 is 0 Å². The summed E-state index contributed by atoms with van der Waals surface area (Å²) in [5.41, 5.74) is 2.50. The second kappa shape index (κ2) is 9.50. The largest absolute Gasteiger partial charge is 0.396 e. The van der Waals surface area contributed by atoms with Gasteiger partial charge in [-0.25, -0.2) is 0 Å². The summed E-state index contributed by atoms with van der Waals surface area (Å²) in [6.07, 6.45) is 5.61. The fourth-order valence-corrected chi connectivity index (χ4v) is 4.82. The Balaban J connectivity index is 1.59. The zero-order chi connectivity index (χ0) is 19.4. The predicted octanol–water partition coefficient (Wildman–Crippen LogP) is 1.95. The molecule has 3 rings (SSSR count). The molecule has 1 aromatic rings. The van der Waals surface area contributed by atoms with Crippen molar-refractivity contribution in [1.82, 2.24) is 24.5 Å². The van der Waals surface area contributed by atoms with Crippen LogP contribution in [0.3, 0.4) is 0 Å². The number of aromatic nitrogens is 2. The average molecular weight is 378 g/mol. The van der Waals surface area contributed by atoms with Crippen molar-refractivity contribution in [3.63, 3.8) is 0 Å². The summed E-state index contributed by atoms with van der Waals surface area (Å²) in [5.74, 6) is 0. The first-order chi connectivity index (χ1) is 13.0. The average Bonchev–Trinajstić information content (AvgIpc) is 3.02.